The number of aromatic nitrogens is 4. The molecule has 4 heterocycles. The third-order valence-corrected chi connectivity index (χ3v) is 5.99. The van der Waals surface area contributed by atoms with Gasteiger partial charge in [-0.2, -0.15) is 0 Å². The van der Waals surface area contributed by atoms with E-state index in [-0.39, 0.29) is 5.54 Å². The standard InChI is InChI=1S/C23H26N6/c1-23(11-3-13-27-23)22-26-14-18(28-22)10-7-16-5-8-17(9-6-16)20-15-25-21(29-20)19-4-2-12-24-19/h5-6,8-9,14-15,19,24,27H,2-4,11-13H2,1H3,(H,25,29)(H,26,28)/t19-,23?/m0/s1. The van der Waals surface area contributed by atoms with Crippen molar-refractivity contribution in [3.8, 4) is 23.1 Å². The first-order valence-electron chi connectivity index (χ1n) is 10.4. The lowest BCUT2D eigenvalue weighted by Gasteiger charge is -2.21. The van der Waals surface area contributed by atoms with Gasteiger partial charge in [0.05, 0.1) is 29.7 Å². The minimum absolute atomic E-state index is 0.0570. The minimum Gasteiger partial charge on any atom is -0.341 e. The molecule has 148 valence electrons. The summed E-state index contributed by atoms with van der Waals surface area (Å²) in [6, 6.07) is 8.63. The second kappa shape index (κ2) is 7.51. The quantitative estimate of drug-likeness (QED) is 0.521. The Morgan fingerprint density at radius 3 is 2.66 bits per heavy atom. The van der Waals surface area contributed by atoms with Gasteiger partial charge < -0.3 is 20.6 Å². The molecule has 0 bridgehead atoms. The smallest absolute Gasteiger partial charge is 0.127 e. The van der Waals surface area contributed by atoms with Crippen LogP contribution in [0.15, 0.2) is 36.7 Å². The Labute approximate surface area is 171 Å². The highest BCUT2D eigenvalue weighted by Gasteiger charge is 2.32. The fourth-order valence-corrected chi connectivity index (χ4v) is 4.21. The first kappa shape index (κ1) is 18.2. The van der Waals surface area contributed by atoms with Gasteiger partial charge in [0.15, 0.2) is 0 Å². The summed E-state index contributed by atoms with van der Waals surface area (Å²) < 4.78 is 0. The largest absolute Gasteiger partial charge is 0.341 e. The van der Waals surface area contributed by atoms with Crippen molar-refractivity contribution < 1.29 is 0 Å². The summed E-state index contributed by atoms with van der Waals surface area (Å²) in [4.78, 5) is 15.9. The van der Waals surface area contributed by atoms with E-state index in [1.807, 2.05) is 24.5 Å². The van der Waals surface area contributed by atoms with Gasteiger partial charge in [0.1, 0.15) is 17.3 Å². The Balaban J connectivity index is 1.29. The fraction of sp³-hybridized carbons (Fsp3) is 0.391. The van der Waals surface area contributed by atoms with Crippen molar-refractivity contribution in [3.05, 3.63) is 59.6 Å². The van der Waals surface area contributed by atoms with E-state index in [0.717, 1.165) is 60.1 Å². The summed E-state index contributed by atoms with van der Waals surface area (Å²) in [6.45, 7) is 4.31. The van der Waals surface area contributed by atoms with Crippen molar-refractivity contribution >= 4 is 0 Å². The lowest BCUT2D eigenvalue weighted by Crippen LogP contribution is -2.34. The highest BCUT2D eigenvalue weighted by molar-refractivity contribution is 5.60. The van der Waals surface area contributed by atoms with Gasteiger partial charge >= 0.3 is 0 Å². The van der Waals surface area contributed by atoms with Gasteiger partial charge in [-0.05, 0) is 69.3 Å². The second-order valence-corrected chi connectivity index (χ2v) is 8.17. The van der Waals surface area contributed by atoms with Gasteiger partial charge in [0.25, 0.3) is 0 Å². The van der Waals surface area contributed by atoms with Gasteiger partial charge in [-0.1, -0.05) is 18.1 Å². The van der Waals surface area contributed by atoms with E-state index in [1.54, 1.807) is 0 Å². The predicted molar refractivity (Wildman–Crippen MR) is 113 cm³/mol. The van der Waals surface area contributed by atoms with Gasteiger partial charge in [-0.3, -0.25) is 0 Å². The number of hydrogen-bond acceptors (Lipinski definition) is 4. The number of nitrogens with zero attached hydrogens (tertiary/aromatic N) is 2. The number of imidazole rings is 2. The molecule has 2 saturated heterocycles. The molecule has 0 saturated carbocycles. The molecule has 2 fully saturated rings. The Kier molecular flexibility index (Phi) is 4.70. The van der Waals surface area contributed by atoms with Crippen LogP contribution in [-0.4, -0.2) is 33.0 Å². The van der Waals surface area contributed by atoms with Crippen LogP contribution in [0.3, 0.4) is 0 Å². The van der Waals surface area contributed by atoms with E-state index in [4.69, 9.17) is 0 Å². The van der Waals surface area contributed by atoms with Crippen LogP contribution in [-0.2, 0) is 5.54 Å². The molecule has 2 atom stereocenters. The SMILES string of the molecule is CC1(c2ncc(C#Cc3ccc(-c4cnc([C@@H]5CCCN5)[nH]4)cc3)[nH]2)CCCN1. The normalized spacial score (nSPS) is 23.8. The molecule has 6 heteroatoms. The van der Waals surface area contributed by atoms with Gasteiger partial charge in [0.2, 0.25) is 0 Å². The molecule has 0 spiro atoms. The summed E-state index contributed by atoms with van der Waals surface area (Å²) in [6.07, 6.45) is 8.37. The van der Waals surface area contributed by atoms with Crippen LogP contribution in [0.25, 0.3) is 11.3 Å². The van der Waals surface area contributed by atoms with Gasteiger partial charge in [-0.25, -0.2) is 9.97 Å². The van der Waals surface area contributed by atoms with Crippen molar-refractivity contribution in [2.75, 3.05) is 13.1 Å². The Morgan fingerprint density at radius 2 is 1.90 bits per heavy atom. The molecular formula is C23H26N6. The summed E-state index contributed by atoms with van der Waals surface area (Å²) in [7, 11) is 0. The predicted octanol–water partition coefficient (Wildman–Crippen LogP) is 3.22. The monoisotopic (exact) mass is 386 g/mol. The lowest BCUT2D eigenvalue weighted by molar-refractivity contribution is 0.410. The van der Waals surface area contributed by atoms with Crippen LogP contribution in [0.2, 0.25) is 0 Å². The van der Waals surface area contributed by atoms with Crippen molar-refractivity contribution in [2.45, 2.75) is 44.2 Å². The Bertz CT molecular complexity index is 1040. The molecule has 6 nitrogen and oxygen atoms in total. The highest BCUT2D eigenvalue weighted by atomic mass is 15.1. The molecule has 0 radical (unpaired) electrons. The van der Waals surface area contributed by atoms with E-state index in [0.29, 0.717) is 6.04 Å². The molecule has 0 amide bonds. The average molecular weight is 387 g/mol. The van der Waals surface area contributed by atoms with Crippen molar-refractivity contribution in [1.29, 1.82) is 0 Å². The van der Waals surface area contributed by atoms with Crippen LogP contribution in [0.1, 0.15) is 61.6 Å². The Morgan fingerprint density at radius 1 is 1.00 bits per heavy atom. The first-order valence-corrected chi connectivity index (χ1v) is 10.4. The average Bonchev–Trinajstić information content (AvgIpc) is 3.54. The van der Waals surface area contributed by atoms with E-state index >= 15 is 0 Å². The lowest BCUT2D eigenvalue weighted by atomic mass is 10.00. The second-order valence-electron chi connectivity index (χ2n) is 8.17. The van der Waals surface area contributed by atoms with Crippen LogP contribution >= 0.6 is 0 Å². The summed E-state index contributed by atoms with van der Waals surface area (Å²) >= 11 is 0. The molecule has 29 heavy (non-hydrogen) atoms. The number of nitrogens with one attached hydrogen (secondary N) is 4. The summed E-state index contributed by atoms with van der Waals surface area (Å²) in [5, 5.41) is 7.00. The van der Waals surface area contributed by atoms with Crippen molar-refractivity contribution in [3.63, 3.8) is 0 Å². The molecule has 5 rings (SSSR count). The number of rotatable bonds is 3. The maximum Gasteiger partial charge on any atom is 0.127 e. The molecule has 2 aliphatic rings. The molecule has 2 aliphatic heterocycles. The maximum atomic E-state index is 4.55. The zero-order valence-corrected chi connectivity index (χ0v) is 16.7. The summed E-state index contributed by atoms with van der Waals surface area (Å²) in [5.41, 5.74) is 3.94. The van der Waals surface area contributed by atoms with Crippen LogP contribution in [0, 0.1) is 11.8 Å². The number of hydrogen-bond donors (Lipinski definition) is 4. The van der Waals surface area contributed by atoms with Gasteiger partial charge in [0, 0.05) is 5.56 Å². The third kappa shape index (κ3) is 3.71. The summed E-state index contributed by atoms with van der Waals surface area (Å²) in [5.74, 6) is 8.43. The Hall–Kier alpha value is -2.88. The van der Waals surface area contributed by atoms with E-state index in [1.165, 1.54) is 12.8 Å². The fourth-order valence-electron chi connectivity index (χ4n) is 4.21. The molecule has 1 aromatic carbocycles. The zero-order chi connectivity index (χ0) is 19.7. The van der Waals surface area contributed by atoms with E-state index < -0.39 is 0 Å². The van der Waals surface area contributed by atoms with E-state index in [2.05, 4.69) is 61.5 Å². The highest BCUT2D eigenvalue weighted by Crippen LogP contribution is 2.28. The van der Waals surface area contributed by atoms with Gasteiger partial charge in [-0.15, -0.1) is 0 Å². The molecule has 4 N–H and O–H groups in total. The minimum atomic E-state index is -0.0570. The first-order chi connectivity index (χ1) is 14.2. The van der Waals surface area contributed by atoms with Crippen LogP contribution in [0.4, 0.5) is 0 Å². The maximum absolute atomic E-state index is 4.55. The number of benzene rings is 1. The molecule has 2 aromatic heterocycles. The molecular weight excluding hydrogens is 360 g/mol. The molecule has 1 unspecified atom stereocenters. The number of aromatic amines is 2. The van der Waals surface area contributed by atoms with Crippen LogP contribution in [0.5, 0.6) is 0 Å². The molecule has 0 aliphatic carbocycles. The van der Waals surface area contributed by atoms with Crippen molar-refractivity contribution in [1.82, 2.24) is 30.6 Å². The van der Waals surface area contributed by atoms with E-state index in [9.17, 15) is 0 Å². The van der Waals surface area contributed by atoms with Crippen LogP contribution < -0.4 is 10.6 Å². The van der Waals surface area contributed by atoms with Crippen molar-refractivity contribution in [2.24, 2.45) is 0 Å². The zero-order valence-electron chi connectivity index (χ0n) is 16.7. The number of H-pyrrole nitrogens is 2. The third-order valence-electron chi connectivity index (χ3n) is 5.99. The molecule has 3 aromatic rings. The topological polar surface area (TPSA) is 81.4 Å².